The summed E-state index contributed by atoms with van der Waals surface area (Å²) in [5.41, 5.74) is 7.67. The molecule has 0 fully saturated rings. The summed E-state index contributed by atoms with van der Waals surface area (Å²) in [6.45, 7) is 1.93. The van der Waals surface area contributed by atoms with Crippen molar-refractivity contribution in [2.24, 2.45) is 5.73 Å². The monoisotopic (exact) mass is 414 g/mol. The predicted molar refractivity (Wildman–Crippen MR) is 112 cm³/mol. The molecular weight excluding hydrogens is 391 g/mol. The number of ketones is 1. The summed E-state index contributed by atoms with van der Waals surface area (Å²) in [5, 5.41) is 3.68. The lowest BCUT2D eigenvalue weighted by Crippen LogP contribution is -2.45. The summed E-state index contributed by atoms with van der Waals surface area (Å²) < 4.78 is 22.5. The van der Waals surface area contributed by atoms with Crippen molar-refractivity contribution in [2.75, 3.05) is 12.4 Å². The molecule has 2 unspecified atom stereocenters. The van der Waals surface area contributed by atoms with E-state index in [1.54, 1.807) is 43.5 Å². The Morgan fingerprint density at radius 3 is 2.52 bits per heavy atom. The van der Waals surface area contributed by atoms with Crippen LogP contribution in [0.25, 0.3) is 0 Å². The normalized spacial score (nSPS) is 13.0. The highest BCUT2D eigenvalue weighted by atomic mass is 32.1. The van der Waals surface area contributed by atoms with Crippen molar-refractivity contribution in [2.45, 2.75) is 31.8 Å². The van der Waals surface area contributed by atoms with Gasteiger partial charge in [0, 0.05) is 29.6 Å². The Bertz CT molecular complexity index is 944. The van der Waals surface area contributed by atoms with E-state index in [1.165, 1.54) is 23.7 Å². The lowest BCUT2D eigenvalue weighted by atomic mass is 9.97. The van der Waals surface area contributed by atoms with Crippen LogP contribution in [0.15, 0.2) is 48.5 Å². The lowest BCUT2D eigenvalue weighted by molar-refractivity contribution is 0.0958. The topological polar surface area (TPSA) is 90.1 Å². The molecule has 0 saturated heterocycles. The van der Waals surface area contributed by atoms with Gasteiger partial charge in [-0.05, 0) is 48.4 Å². The zero-order valence-corrected chi connectivity index (χ0v) is 17.1. The highest BCUT2D eigenvalue weighted by Gasteiger charge is 2.26. The van der Waals surface area contributed by atoms with Gasteiger partial charge in [-0.2, -0.15) is 4.37 Å². The molecular formula is C21H23FN4O2S. The molecule has 0 spiro atoms. The van der Waals surface area contributed by atoms with E-state index in [2.05, 4.69) is 14.7 Å². The third kappa shape index (κ3) is 5.36. The number of nitrogens with one attached hydrogen (secondary N) is 1. The van der Waals surface area contributed by atoms with Gasteiger partial charge < -0.3 is 15.8 Å². The number of carbonyl (C=O) groups excluding carboxylic acids is 1. The number of rotatable bonds is 9. The average molecular weight is 415 g/mol. The van der Waals surface area contributed by atoms with Crippen LogP contribution >= 0.6 is 11.5 Å². The zero-order chi connectivity index (χ0) is 20.8. The largest absolute Gasteiger partial charge is 0.497 e. The molecule has 0 saturated carbocycles. The second-order valence-corrected chi connectivity index (χ2v) is 7.36. The molecule has 0 bridgehead atoms. The van der Waals surface area contributed by atoms with Crippen LogP contribution in [-0.4, -0.2) is 34.3 Å². The van der Waals surface area contributed by atoms with Gasteiger partial charge in [0.15, 0.2) is 5.78 Å². The number of ether oxygens (including phenoxy) is 1. The van der Waals surface area contributed by atoms with Crippen LogP contribution in [0.2, 0.25) is 0 Å². The first-order valence-corrected chi connectivity index (χ1v) is 10.0. The minimum atomic E-state index is -0.625. The molecule has 0 amide bonds. The molecule has 1 heterocycles. The molecule has 3 rings (SSSR count). The number of aromatic nitrogens is 2. The second-order valence-electron chi connectivity index (χ2n) is 6.61. The summed E-state index contributed by atoms with van der Waals surface area (Å²) in [6, 6.07) is 12.1. The molecule has 1 aromatic heterocycles. The molecule has 0 aliphatic carbocycles. The fourth-order valence-electron chi connectivity index (χ4n) is 2.84. The molecule has 0 aliphatic rings. The minimum Gasteiger partial charge on any atom is -0.497 e. The number of methoxy groups -OCH3 is 1. The van der Waals surface area contributed by atoms with Crippen LogP contribution in [0.1, 0.15) is 35.1 Å². The second kappa shape index (κ2) is 9.58. The van der Waals surface area contributed by atoms with Gasteiger partial charge in [-0.15, -0.1) is 0 Å². The van der Waals surface area contributed by atoms with Gasteiger partial charge in [0.05, 0.1) is 7.11 Å². The van der Waals surface area contributed by atoms with Crippen LogP contribution in [0.4, 0.5) is 9.52 Å². The molecule has 6 nitrogen and oxygen atoms in total. The number of hydrogen-bond donors (Lipinski definition) is 2. The van der Waals surface area contributed by atoms with E-state index in [4.69, 9.17) is 10.5 Å². The number of hydrogen-bond acceptors (Lipinski definition) is 7. The quantitative estimate of drug-likeness (QED) is 0.519. The number of nitrogens with two attached hydrogens (primary N) is 1. The van der Waals surface area contributed by atoms with E-state index in [1.807, 2.05) is 6.92 Å². The van der Waals surface area contributed by atoms with Crippen molar-refractivity contribution >= 4 is 22.4 Å². The molecule has 0 aliphatic heterocycles. The molecule has 2 atom stereocenters. The SMILES string of the molecule is CCC(N)C(Nc1nc(Cc2ccc(F)cc2)ns1)C(=O)c1ccc(OC)cc1. The summed E-state index contributed by atoms with van der Waals surface area (Å²) in [5.74, 6) is 0.887. The number of carbonyl (C=O) groups is 1. The van der Waals surface area contributed by atoms with E-state index < -0.39 is 6.04 Å². The smallest absolute Gasteiger partial charge is 0.203 e. The molecule has 8 heteroatoms. The van der Waals surface area contributed by atoms with Gasteiger partial charge >= 0.3 is 0 Å². The predicted octanol–water partition coefficient (Wildman–Crippen LogP) is 3.68. The maximum absolute atomic E-state index is 13.1. The van der Waals surface area contributed by atoms with Crippen LogP contribution in [-0.2, 0) is 6.42 Å². The van der Waals surface area contributed by atoms with Crippen molar-refractivity contribution in [1.29, 1.82) is 0 Å². The first-order valence-electron chi connectivity index (χ1n) is 9.27. The fourth-order valence-corrected chi connectivity index (χ4v) is 3.46. The van der Waals surface area contributed by atoms with E-state index in [0.717, 1.165) is 5.56 Å². The van der Waals surface area contributed by atoms with Crippen molar-refractivity contribution in [3.05, 3.63) is 71.3 Å². The molecule has 3 aromatic rings. The Balaban J connectivity index is 1.73. The van der Waals surface area contributed by atoms with Crippen LogP contribution in [0.5, 0.6) is 5.75 Å². The maximum Gasteiger partial charge on any atom is 0.203 e. The Morgan fingerprint density at radius 2 is 1.90 bits per heavy atom. The summed E-state index contributed by atoms with van der Waals surface area (Å²) in [4.78, 5) is 17.5. The van der Waals surface area contributed by atoms with Gasteiger partial charge in [0.1, 0.15) is 23.4 Å². The van der Waals surface area contributed by atoms with Gasteiger partial charge in [0.2, 0.25) is 5.13 Å². The third-order valence-corrected chi connectivity index (χ3v) is 5.26. The Hall–Kier alpha value is -2.84. The highest BCUT2D eigenvalue weighted by Crippen LogP contribution is 2.20. The van der Waals surface area contributed by atoms with Crippen molar-refractivity contribution in [3.8, 4) is 5.75 Å². The van der Waals surface area contributed by atoms with Crippen molar-refractivity contribution in [1.82, 2.24) is 9.36 Å². The van der Waals surface area contributed by atoms with Crippen LogP contribution < -0.4 is 15.8 Å². The first kappa shape index (κ1) is 20.9. The fraction of sp³-hybridized carbons (Fsp3) is 0.286. The van der Waals surface area contributed by atoms with Gasteiger partial charge in [-0.1, -0.05) is 19.1 Å². The standard InChI is InChI=1S/C21H23FN4O2S/c1-3-17(23)19(20(27)14-6-10-16(28-2)11-7-14)25-21-24-18(26-29-21)12-13-4-8-15(22)9-5-13/h4-11,17,19H,3,12,23H2,1-2H3,(H,24,25,26). The molecule has 2 aromatic carbocycles. The lowest BCUT2D eigenvalue weighted by Gasteiger charge is -2.22. The molecule has 3 N–H and O–H groups in total. The number of benzene rings is 2. The maximum atomic E-state index is 13.1. The summed E-state index contributed by atoms with van der Waals surface area (Å²) in [6.07, 6.45) is 1.11. The molecule has 0 radical (unpaired) electrons. The van der Waals surface area contributed by atoms with Crippen LogP contribution in [0.3, 0.4) is 0 Å². The Labute approximate surface area is 173 Å². The van der Waals surface area contributed by atoms with E-state index >= 15 is 0 Å². The molecule has 152 valence electrons. The third-order valence-electron chi connectivity index (χ3n) is 4.58. The van der Waals surface area contributed by atoms with Crippen molar-refractivity contribution in [3.63, 3.8) is 0 Å². The van der Waals surface area contributed by atoms with Crippen LogP contribution in [0, 0.1) is 5.82 Å². The first-order chi connectivity index (χ1) is 14.0. The summed E-state index contributed by atoms with van der Waals surface area (Å²) in [7, 11) is 1.58. The van der Waals surface area contributed by atoms with E-state index in [9.17, 15) is 9.18 Å². The van der Waals surface area contributed by atoms with Gasteiger partial charge in [0.25, 0.3) is 0 Å². The highest BCUT2D eigenvalue weighted by molar-refractivity contribution is 7.09. The zero-order valence-electron chi connectivity index (χ0n) is 16.3. The number of Topliss-reactive ketones (excluding diaryl/α,β-unsaturated/α-hetero) is 1. The van der Waals surface area contributed by atoms with Gasteiger partial charge in [-0.25, -0.2) is 9.37 Å². The Morgan fingerprint density at radius 1 is 1.21 bits per heavy atom. The van der Waals surface area contributed by atoms with E-state index in [-0.39, 0.29) is 17.6 Å². The van der Waals surface area contributed by atoms with Gasteiger partial charge in [-0.3, -0.25) is 4.79 Å². The Kier molecular flexibility index (Phi) is 6.90. The average Bonchev–Trinajstić information content (AvgIpc) is 3.19. The molecule has 29 heavy (non-hydrogen) atoms. The number of halogens is 1. The summed E-state index contributed by atoms with van der Waals surface area (Å²) >= 11 is 1.17. The van der Waals surface area contributed by atoms with E-state index in [0.29, 0.717) is 35.1 Å². The van der Waals surface area contributed by atoms with Crippen molar-refractivity contribution < 1.29 is 13.9 Å². The number of nitrogens with zero attached hydrogens (tertiary/aromatic N) is 2. The minimum absolute atomic E-state index is 0.114. The number of anilines is 1.